The Morgan fingerprint density at radius 3 is 2.91 bits per heavy atom. The fourth-order valence-electron chi connectivity index (χ4n) is 2.96. The minimum atomic E-state index is -0.542. The molecule has 0 bridgehead atoms. The first-order chi connectivity index (χ1) is 11.1. The standard InChI is InChI=1S/C16H18N4O3/c1-10-14(21)20(11-5-2-3-6-12(11)22-10)9-13-18-15(19-23-13)16(17)7-4-8-16/h2-3,5-6,10H,4,7-9,17H2,1H3. The molecule has 2 aliphatic rings. The maximum atomic E-state index is 12.4. The third kappa shape index (κ3) is 2.28. The normalized spacial score (nSPS) is 22.3. The third-order valence-electron chi connectivity index (χ3n) is 4.53. The first kappa shape index (κ1) is 14.2. The van der Waals surface area contributed by atoms with E-state index in [0.717, 1.165) is 19.3 Å². The Kier molecular flexibility index (Phi) is 3.12. The Bertz CT molecular complexity index is 753. The summed E-state index contributed by atoms with van der Waals surface area (Å²) < 4.78 is 10.9. The summed E-state index contributed by atoms with van der Waals surface area (Å²) in [6.45, 7) is 1.94. The number of nitrogens with two attached hydrogens (primary N) is 1. The molecule has 7 nitrogen and oxygen atoms in total. The zero-order valence-corrected chi connectivity index (χ0v) is 12.9. The van der Waals surface area contributed by atoms with Crippen molar-refractivity contribution in [2.45, 2.75) is 44.4 Å². The molecule has 0 radical (unpaired) electrons. The first-order valence-electron chi connectivity index (χ1n) is 7.76. The SMILES string of the molecule is CC1Oc2ccccc2N(Cc2nc(C3(N)CCC3)no2)C1=O. The van der Waals surface area contributed by atoms with E-state index in [0.29, 0.717) is 23.2 Å². The van der Waals surface area contributed by atoms with Gasteiger partial charge in [-0.3, -0.25) is 9.69 Å². The van der Waals surface area contributed by atoms with Crippen molar-refractivity contribution in [2.24, 2.45) is 5.73 Å². The maximum Gasteiger partial charge on any atom is 0.268 e. The molecule has 1 atom stereocenters. The van der Waals surface area contributed by atoms with Gasteiger partial charge in [-0.2, -0.15) is 4.98 Å². The highest BCUT2D eigenvalue weighted by Gasteiger charge is 2.39. The monoisotopic (exact) mass is 314 g/mol. The van der Waals surface area contributed by atoms with Crippen molar-refractivity contribution in [3.05, 3.63) is 36.0 Å². The van der Waals surface area contributed by atoms with E-state index < -0.39 is 11.6 Å². The summed E-state index contributed by atoms with van der Waals surface area (Å²) in [4.78, 5) is 18.5. The number of aromatic nitrogens is 2. The van der Waals surface area contributed by atoms with E-state index in [1.54, 1.807) is 11.8 Å². The van der Waals surface area contributed by atoms with Gasteiger partial charge in [0.05, 0.1) is 11.2 Å². The van der Waals surface area contributed by atoms with Gasteiger partial charge in [0.15, 0.2) is 11.9 Å². The number of benzene rings is 1. The molecule has 1 aromatic heterocycles. The lowest BCUT2D eigenvalue weighted by Crippen LogP contribution is -2.45. The van der Waals surface area contributed by atoms with Crippen LogP contribution in [-0.2, 0) is 16.9 Å². The van der Waals surface area contributed by atoms with Crippen molar-refractivity contribution in [2.75, 3.05) is 4.90 Å². The van der Waals surface area contributed by atoms with Crippen LogP contribution in [0.2, 0.25) is 0 Å². The lowest BCUT2D eigenvalue weighted by atomic mass is 9.77. The number of hydrogen-bond acceptors (Lipinski definition) is 6. The predicted octanol–water partition coefficient (Wildman–Crippen LogP) is 1.72. The summed E-state index contributed by atoms with van der Waals surface area (Å²) in [6, 6.07) is 7.42. The summed E-state index contributed by atoms with van der Waals surface area (Å²) in [7, 11) is 0. The van der Waals surface area contributed by atoms with Gasteiger partial charge in [0.1, 0.15) is 12.3 Å². The van der Waals surface area contributed by atoms with Crippen LogP contribution in [0, 0.1) is 0 Å². The summed E-state index contributed by atoms with van der Waals surface area (Å²) in [5.41, 5.74) is 6.45. The van der Waals surface area contributed by atoms with Crippen LogP contribution in [0.5, 0.6) is 5.75 Å². The molecule has 2 aromatic rings. The molecule has 120 valence electrons. The van der Waals surface area contributed by atoms with Crippen molar-refractivity contribution in [1.82, 2.24) is 10.1 Å². The molecule has 1 aliphatic heterocycles. The smallest absolute Gasteiger partial charge is 0.268 e. The van der Waals surface area contributed by atoms with Crippen LogP contribution in [0.3, 0.4) is 0 Å². The molecule has 1 unspecified atom stereocenters. The molecule has 0 saturated heterocycles. The van der Waals surface area contributed by atoms with Crippen LogP contribution in [0.25, 0.3) is 0 Å². The molecule has 2 heterocycles. The number of carbonyl (C=O) groups is 1. The molecule has 0 spiro atoms. The second kappa shape index (κ2) is 5.06. The van der Waals surface area contributed by atoms with Gasteiger partial charge in [-0.1, -0.05) is 17.3 Å². The average Bonchev–Trinajstić information content (AvgIpc) is 2.98. The van der Waals surface area contributed by atoms with Crippen molar-refractivity contribution in [3.8, 4) is 5.75 Å². The van der Waals surface area contributed by atoms with Crippen LogP contribution >= 0.6 is 0 Å². The quantitative estimate of drug-likeness (QED) is 0.927. The number of ether oxygens (including phenoxy) is 1. The Labute approximate surface area is 133 Å². The lowest BCUT2D eigenvalue weighted by Gasteiger charge is -2.34. The lowest BCUT2D eigenvalue weighted by molar-refractivity contribution is -0.125. The fraction of sp³-hybridized carbons (Fsp3) is 0.438. The highest BCUT2D eigenvalue weighted by Crippen LogP contribution is 2.38. The summed E-state index contributed by atoms with van der Waals surface area (Å²) in [5, 5.41) is 4.00. The largest absolute Gasteiger partial charge is 0.479 e. The molecular formula is C16H18N4O3. The van der Waals surface area contributed by atoms with Gasteiger partial charge in [0.25, 0.3) is 5.91 Å². The Hall–Kier alpha value is -2.41. The van der Waals surface area contributed by atoms with Crippen molar-refractivity contribution < 1.29 is 14.1 Å². The second-order valence-electron chi connectivity index (χ2n) is 6.17. The minimum Gasteiger partial charge on any atom is -0.479 e. The summed E-state index contributed by atoms with van der Waals surface area (Å²) in [5.74, 6) is 1.46. The van der Waals surface area contributed by atoms with Crippen molar-refractivity contribution >= 4 is 11.6 Å². The molecule has 7 heteroatoms. The first-order valence-corrected chi connectivity index (χ1v) is 7.76. The number of anilines is 1. The zero-order chi connectivity index (χ0) is 16.0. The Balaban J connectivity index is 1.62. The van der Waals surface area contributed by atoms with Gasteiger partial charge >= 0.3 is 0 Å². The van der Waals surface area contributed by atoms with E-state index >= 15 is 0 Å². The molecule has 1 fully saturated rings. The second-order valence-corrected chi connectivity index (χ2v) is 6.17. The number of amides is 1. The number of carbonyl (C=O) groups excluding carboxylic acids is 1. The molecule has 1 saturated carbocycles. The summed E-state index contributed by atoms with van der Waals surface area (Å²) >= 11 is 0. The van der Waals surface area contributed by atoms with Gasteiger partial charge in [0.2, 0.25) is 5.89 Å². The van der Waals surface area contributed by atoms with Crippen molar-refractivity contribution in [1.29, 1.82) is 0 Å². The van der Waals surface area contributed by atoms with Gasteiger partial charge in [-0.15, -0.1) is 0 Å². The summed E-state index contributed by atoms with van der Waals surface area (Å²) in [6.07, 6.45) is 2.26. The van der Waals surface area contributed by atoms with E-state index in [1.165, 1.54) is 0 Å². The fourth-order valence-corrected chi connectivity index (χ4v) is 2.96. The van der Waals surface area contributed by atoms with E-state index in [1.807, 2.05) is 24.3 Å². The van der Waals surface area contributed by atoms with Crippen LogP contribution in [-0.4, -0.2) is 22.2 Å². The van der Waals surface area contributed by atoms with E-state index in [-0.39, 0.29) is 12.5 Å². The van der Waals surface area contributed by atoms with Gasteiger partial charge in [-0.05, 0) is 38.3 Å². The molecule has 23 heavy (non-hydrogen) atoms. The zero-order valence-electron chi connectivity index (χ0n) is 12.9. The third-order valence-corrected chi connectivity index (χ3v) is 4.53. The van der Waals surface area contributed by atoms with E-state index in [2.05, 4.69) is 10.1 Å². The highest BCUT2D eigenvalue weighted by atomic mass is 16.5. The number of nitrogens with zero attached hydrogens (tertiary/aromatic N) is 3. The number of para-hydroxylation sites is 2. The van der Waals surface area contributed by atoms with Gasteiger partial charge < -0.3 is 15.0 Å². The Morgan fingerprint density at radius 2 is 2.17 bits per heavy atom. The predicted molar refractivity (Wildman–Crippen MR) is 81.7 cm³/mol. The topological polar surface area (TPSA) is 94.5 Å². The van der Waals surface area contributed by atoms with Gasteiger partial charge in [-0.25, -0.2) is 0 Å². The number of rotatable bonds is 3. The molecular weight excluding hydrogens is 296 g/mol. The Morgan fingerprint density at radius 1 is 1.39 bits per heavy atom. The maximum absolute atomic E-state index is 12.4. The molecule has 1 aliphatic carbocycles. The highest BCUT2D eigenvalue weighted by molar-refractivity contribution is 5.99. The van der Waals surface area contributed by atoms with Crippen LogP contribution in [0.4, 0.5) is 5.69 Å². The minimum absolute atomic E-state index is 0.130. The molecule has 1 aromatic carbocycles. The van der Waals surface area contributed by atoms with Gasteiger partial charge in [0, 0.05) is 0 Å². The average molecular weight is 314 g/mol. The van der Waals surface area contributed by atoms with Crippen LogP contribution in [0.1, 0.15) is 37.9 Å². The number of fused-ring (bicyclic) bond motifs is 1. The van der Waals surface area contributed by atoms with E-state index in [4.69, 9.17) is 15.0 Å². The molecule has 1 amide bonds. The van der Waals surface area contributed by atoms with Crippen LogP contribution in [0.15, 0.2) is 28.8 Å². The van der Waals surface area contributed by atoms with Crippen LogP contribution < -0.4 is 15.4 Å². The van der Waals surface area contributed by atoms with E-state index in [9.17, 15) is 4.79 Å². The number of hydrogen-bond donors (Lipinski definition) is 1. The molecule has 2 N–H and O–H groups in total. The van der Waals surface area contributed by atoms with Crippen molar-refractivity contribution in [3.63, 3.8) is 0 Å². The molecule has 4 rings (SSSR count).